The van der Waals surface area contributed by atoms with Crippen LogP contribution in [0.25, 0.3) is 0 Å². The van der Waals surface area contributed by atoms with E-state index in [-0.39, 0.29) is 5.75 Å². The molecule has 2 rings (SSSR count). The number of aliphatic carboxylic acids is 1. The summed E-state index contributed by atoms with van der Waals surface area (Å²) in [6, 6.07) is 5.87. The first-order valence-corrected chi connectivity index (χ1v) is 6.59. The first kappa shape index (κ1) is 12.1. The molecule has 0 spiro atoms. The summed E-state index contributed by atoms with van der Waals surface area (Å²) in [7, 11) is 0. The second kappa shape index (κ2) is 5.82. The third-order valence-electron chi connectivity index (χ3n) is 2.37. The molecule has 0 radical (unpaired) electrons. The summed E-state index contributed by atoms with van der Waals surface area (Å²) >= 11 is 1.42. The third kappa shape index (κ3) is 3.56. The van der Waals surface area contributed by atoms with Crippen molar-refractivity contribution in [3.63, 3.8) is 0 Å². The van der Waals surface area contributed by atoms with Gasteiger partial charge in [0.05, 0.1) is 5.75 Å². The molecule has 0 bridgehead atoms. The lowest BCUT2D eigenvalue weighted by Gasteiger charge is -2.18. The van der Waals surface area contributed by atoms with Gasteiger partial charge in [-0.15, -0.1) is 11.8 Å². The number of rotatable bonds is 5. The molecule has 0 fully saturated rings. The van der Waals surface area contributed by atoms with Crippen molar-refractivity contribution in [1.29, 1.82) is 0 Å². The first-order valence-electron chi connectivity index (χ1n) is 5.44. The Kier molecular flexibility index (Phi) is 4.14. The van der Waals surface area contributed by atoms with E-state index in [0.29, 0.717) is 13.2 Å². The topological polar surface area (TPSA) is 55.8 Å². The molecular formula is C12H14O4S. The first-order chi connectivity index (χ1) is 8.25. The van der Waals surface area contributed by atoms with Crippen molar-refractivity contribution >= 4 is 17.7 Å². The van der Waals surface area contributed by atoms with E-state index >= 15 is 0 Å². The van der Waals surface area contributed by atoms with Crippen LogP contribution in [0.1, 0.15) is 5.56 Å². The normalized spacial score (nSPS) is 13.4. The van der Waals surface area contributed by atoms with Crippen LogP contribution in [0.15, 0.2) is 18.2 Å². The Balaban J connectivity index is 1.86. The van der Waals surface area contributed by atoms with Crippen LogP contribution in [-0.4, -0.2) is 35.8 Å². The quantitative estimate of drug-likeness (QED) is 0.812. The van der Waals surface area contributed by atoms with Crippen molar-refractivity contribution in [1.82, 2.24) is 0 Å². The van der Waals surface area contributed by atoms with E-state index in [1.54, 1.807) is 0 Å². The van der Waals surface area contributed by atoms with Gasteiger partial charge >= 0.3 is 5.97 Å². The molecule has 0 unspecified atom stereocenters. The Morgan fingerprint density at radius 1 is 1.29 bits per heavy atom. The highest BCUT2D eigenvalue weighted by Crippen LogP contribution is 2.31. The van der Waals surface area contributed by atoms with Crippen LogP contribution in [0.2, 0.25) is 0 Å². The molecule has 1 aliphatic rings. The molecule has 0 aromatic heterocycles. The lowest BCUT2D eigenvalue weighted by Crippen LogP contribution is -2.15. The van der Waals surface area contributed by atoms with E-state index in [1.165, 1.54) is 11.8 Å². The SMILES string of the molecule is O=C(O)CSCCc1ccc2c(c1)OCCO2. The predicted octanol–water partition coefficient (Wildman–Crippen LogP) is 1.82. The molecule has 1 aliphatic heterocycles. The van der Waals surface area contributed by atoms with Gasteiger partial charge in [-0.25, -0.2) is 0 Å². The van der Waals surface area contributed by atoms with Crippen molar-refractivity contribution in [3.05, 3.63) is 23.8 Å². The van der Waals surface area contributed by atoms with Gasteiger partial charge in [-0.2, -0.15) is 0 Å². The summed E-state index contributed by atoms with van der Waals surface area (Å²) in [6.45, 7) is 1.19. The number of hydrogen-bond donors (Lipinski definition) is 1. The Hall–Kier alpha value is -1.36. The number of thioether (sulfide) groups is 1. The molecule has 0 aliphatic carbocycles. The third-order valence-corrected chi connectivity index (χ3v) is 3.31. The minimum absolute atomic E-state index is 0.157. The van der Waals surface area contributed by atoms with Crippen LogP contribution >= 0.6 is 11.8 Å². The molecule has 0 atom stereocenters. The van der Waals surface area contributed by atoms with Crippen molar-refractivity contribution in [2.24, 2.45) is 0 Å². The molecule has 5 heteroatoms. The van der Waals surface area contributed by atoms with Gasteiger partial charge < -0.3 is 14.6 Å². The molecule has 17 heavy (non-hydrogen) atoms. The van der Waals surface area contributed by atoms with Gasteiger partial charge in [0.25, 0.3) is 0 Å². The number of ether oxygens (including phenoxy) is 2. The van der Waals surface area contributed by atoms with Crippen molar-refractivity contribution in [2.45, 2.75) is 6.42 Å². The van der Waals surface area contributed by atoms with Crippen LogP contribution in [0.5, 0.6) is 11.5 Å². The van der Waals surface area contributed by atoms with Crippen molar-refractivity contribution < 1.29 is 19.4 Å². The highest BCUT2D eigenvalue weighted by Gasteiger charge is 2.11. The number of fused-ring (bicyclic) bond motifs is 1. The molecule has 92 valence electrons. The smallest absolute Gasteiger partial charge is 0.313 e. The van der Waals surface area contributed by atoms with Gasteiger partial charge in [-0.1, -0.05) is 6.07 Å². The van der Waals surface area contributed by atoms with Gasteiger partial charge in [0.2, 0.25) is 0 Å². The van der Waals surface area contributed by atoms with E-state index in [9.17, 15) is 4.79 Å². The van der Waals surface area contributed by atoms with Gasteiger partial charge in [-0.3, -0.25) is 4.79 Å². The largest absolute Gasteiger partial charge is 0.486 e. The Labute approximate surface area is 104 Å². The minimum atomic E-state index is -0.767. The second-order valence-electron chi connectivity index (χ2n) is 3.67. The summed E-state index contributed by atoms with van der Waals surface area (Å²) < 4.78 is 10.9. The molecule has 1 aromatic rings. The fraction of sp³-hybridized carbons (Fsp3) is 0.417. The number of carbonyl (C=O) groups is 1. The number of hydrogen-bond acceptors (Lipinski definition) is 4. The molecule has 4 nitrogen and oxygen atoms in total. The standard InChI is InChI=1S/C12H14O4S/c13-12(14)8-17-6-3-9-1-2-10-11(7-9)16-5-4-15-10/h1-2,7H,3-6,8H2,(H,13,14). The van der Waals surface area contributed by atoms with Crippen LogP contribution in [0.4, 0.5) is 0 Å². The minimum Gasteiger partial charge on any atom is -0.486 e. The Morgan fingerprint density at radius 3 is 2.82 bits per heavy atom. The van der Waals surface area contributed by atoms with Crippen molar-refractivity contribution in [3.8, 4) is 11.5 Å². The van der Waals surface area contributed by atoms with E-state index in [2.05, 4.69) is 0 Å². The number of aryl methyl sites for hydroxylation is 1. The van der Waals surface area contributed by atoms with E-state index in [4.69, 9.17) is 14.6 Å². The Morgan fingerprint density at radius 2 is 2.06 bits per heavy atom. The van der Waals surface area contributed by atoms with Gasteiger partial charge in [0.15, 0.2) is 11.5 Å². The van der Waals surface area contributed by atoms with Crippen LogP contribution in [-0.2, 0) is 11.2 Å². The van der Waals surface area contributed by atoms with Crippen LogP contribution in [0, 0.1) is 0 Å². The molecule has 1 heterocycles. The zero-order valence-electron chi connectivity index (χ0n) is 9.35. The average Bonchev–Trinajstić information content (AvgIpc) is 2.34. The maximum absolute atomic E-state index is 10.3. The fourth-order valence-corrected chi connectivity index (χ4v) is 2.29. The number of benzene rings is 1. The second-order valence-corrected chi connectivity index (χ2v) is 4.78. The lowest BCUT2D eigenvalue weighted by atomic mass is 10.1. The van der Waals surface area contributed by atoms with Gasteiger partial charge in [-0.05, 0) is 29.9 Å². The van der Waals surface area contributed by atoms with Crippen LogP contribution in [0.3, 0.4) is 0 Å². The lowest BCUT2D eigenvalue weighted by molar-refractivity contribution is -0.133. The monoisotopic (exact) mass is 254 g/mol. The summed E-state index contributed by atoms with van der Waals surface area (Å²) in [6.07, 6.45) is 0.842. The summed E-state index contributed by atoms with van der Waals surface area (Å²) in [4.78, 5) is 10.3. The highest BCUT2D eigenvalue weighted by molar-refractivity contribution is 7.99. The van der Waals surface area contributed by atoms with Crippen LogP contribution < -0.4 is 9.47 Å². The number of carboxylic acids is 1. The van der Waals surface area contributed by atoms with E-state index in [1.807, 2.05) is 18.2 Å². The molecule has 1 N–H and O–H groups in total. The fourth-order valence-electron chi connectivity index (χ4n) is 1.59. The van der Waals surface area contributed by atoms with Gasteiger partial charge in [0, 0.05) is 0 Å². The zero-order chi connectivity index (χ0) is 12.1. The highest BCUT2D eigenvalue weighted by atomic mass is 32.2. The summed E-state index contributed by atoms with van der Waals surface area (Å²) in [5.74, 6) is 1.77. The maximum atomic E-state index is 10.3. The van der Waals surface area contributed by atoms with E-state index < -0.39 is 5.97 Å². The van der Waals surface area contributed by atoms with Crippen molar-refractivity contribution in [2.75, 3.05) is 24.7 Å². The van der Waals surface area contributed by atoms with E-state index in [0.717, 1.165) is 29.2 Å². The zero-order valence-corrected chi connectivity index (χ0v) is 10.2. The average molecular weight is 254 g/mol. The molecule has 0 saturated heterocycles. The number of carboxylic acid groups (broad SMARTS) is 1. The molecular weight excluding hydrogens is 240 g/mol. The predicted molar refractivity (Wildman–Crippen MR) is 66.1 cm³/mol. The molecule has 0 saturated carbocycles. The summed E-state index contributed by atoms with van der Waals surface area (Å²) in [5, 5.41) is 8.51. The molecule has 0 amide bonds. The maximum Gasteiger partial charge on any atom is 0.313 e. The summed E-state index contributed by atoms with van der Waals surface area (Å²) in [5.41, 5.74) is 1.15. The van der Waals surface area contributed by atoms with Gasteiger partial charge in [0.1, 0.15) is 13.2 Å². The Bertz CT molecular complexity index is 405. The molecule has 1 aromatic carbocycles.